The van der Waals surface area contributed by atoms with Gasteiger partial charge in [-0.25, -0.2) is 8.42 Å². The summed E-state index contributed by atoms with van der Waals surface area (Å²) in [4.78, 5) is 12.8. The summed E-state index contributed by atoms with van der Waals surface area (Å²) in [7, 11) is -3.63. The van der Waals surface area contributed by atoms with Crippen molar-refractivity contribution < 1.29 is 17.6 Å². The number of carbonyl (C=O) groups is 1. The Kier molecular flexibility index (Phi) is 4.07. The van der Waals surface area contributed by atoms with Gasteiger partial charge in [-0.3, -0.25) is 9.69 Å². The van der Waals surface area contributed by atoms with Crippen molar-refractivity contribution in [2.75, 3.05) is 26.2 Å². The summed E-state index contributed by atoms with van der Waals surface area (Å²) in [5.41, 5.74) is 0. The molecule has 0 saturated carbocycles. The van der Waals surface area contributed by atoms with E-state index in [-0.39, 0.29) is 16.9 Å². The lowest BCUT2D eigenvalue weighted by atomic mass is 10.2. The highest BCUT2D eigenvalue weighted by Gasteiger charge is 2.33. The Morgan fingerprint density at radius 2 is 2.16 bits per heavy atom. The van der Waals surface area contributed by atoms with Gasteiger partial charge in [-0.05, 0) is 25.6 Å². The third-order valence-electron chi connectivity index (χ3n) is 3.45. The fourth-order valence-electron chi connectivity index (χ4n) is 2.31. The SMILES string of the molecule is CCN1CCN(S(=O)(=O)c2ccc(C=O)o2)CC1C. The molecule has 0 amide bonds. The van der Waals surface area contributed by atoms with Gasteiger partial charge in [0.15, 0.2) is 12.0 Å². The lowest BCUT2D eigenvalue weighted by Crippen LogP contribution is -2.53. The first kappa shape index (κ1) is 14.2. The molecular formula is C12H18N2O4S. The van der Waals surface area contributed by atoms with E-state index in [4.69, 9.17) is 4.42 Å². The summed E-state index contributed by atoms with van der Waals surface area (Å²) in [6, 6.07) is 2.87. The van der Waals surface area contributed by atoms with Crippen molar-refractivity contribution in [3.63, 3.8) is 0 Å². The monoisotopic (exact) mass is 286 g/mol. The number of furan rings is 1. The molecule has 19 heavy (non-hydrogen) atoms. The minimum atomic E-state index is -3.63. The molecule has 0 aromatic carbocycles. The summed E-state index contributed by atoms with van der Waals surface area (Å²) < 4.78 is 31.2. The molecule has 0 radical (unpaired) electrons. The van der Waals surface area contributed by atoms with E-state index in [1.807, 2.05) is 6.92 Å². The highest BCUT2D eigenvalue weighted by molar-refractivity contribution is 7.89. The first-order valence-corrected chi connectivity index (χ1v) is 7.72. The van der Waals surface area contributed by atoms with E-state index in [1.54, 1.807) is 0 Å². The Labute approximate surface area is 113 Å². The van der Waals surface area contributed by atoms with Gasteiger partial charge in [0.2, 0.25) is 5.09 Å². The number of aldehydes is 1. The summed E-state index contributed by atoms with van der Waals surface area (Å²) in [6.45, 7) is 6.56. The average molecular weight is 286 g/mol. The maximum absolute atomic E-state index is 12.4. The fraction of sp³-hybridized carbons (Fsp3) is 0.583. The Morgan fingerprint density at radius 1 is 1.42 bits per heavy atom. The number of rotatable bonds is 4. The fourth-order valence-corrected chi connectivity index (χ4v) is 3.74. The van der Waals surface area contributed by atoms with Gasteiger partial charge < -0.3 is 4.42 Å². The Balaban J connectivity index is 2.19. The molecule has 0 spiro atoms. The van der Waals surface area contributed by atoms with Gasteiger partial charge in [0.25, 0.3) is 10.0 Å². The van der Waals surface area contributed by atoms with Crippen molar-refractivity contribution in [3.05, 3.63) is 17.9 Å². The minimum Gasteiger partial charge on any atom is -0.440 e. The van der Waals surface area contributed by atoms with Crippen molar-refractivity contribution >= 4 is 16.3 Å². The van der Waals surface area contributed by atoms with Gasteiger partial charge in [-0.2, -0.15) is 4.31 Å². The molecule has 1 saturated heterocycles. The van der Waals surface area contributed by atoms with Crippen LogP contribution in [0.4, 0.5) is 0 Å². The minimum absolute atomic E-state index is 0.0267. The second-order valence-corrected chi connectivity index (χ2v) is 6.48. The molecule has 7 heteroatoms. The number of carbonyl (C=O) groups excluding carboxylic acids is 1. The van der Waals surface area contributed by atoms with Crippen LogP contribution in [0.1, 0.15) is 24.4 Å². The summed E-state index contributed by atoms with van der Waals surface area (Å²) >= 11 is 0. The second kappa shape index (κ2) is 5.44. The van der Waals surface area contributed by atoms with Crippen LogP contribution >= 0.6 is 0 Å². The molecule has 1 aliphatic heterocycles. The normalized spacial score (nSPS) is 22.5. The van der Waals surface area contributed by atoms with Crippen LogP contribution in [-0.2, 0) is 10.0 Å². The first-order chi connectivity index (χ1) is 8.98. The van der Waals surface area contributed by atoms with E-state index >= 15 is 0 Å². The number of hydrogen-bond donors (Lipinski definition) is 0. The number of nitrogens with zero attached hydrogens (tertiary/aromatic N) is 2. The third kappa shape index (κ3) is 2.72. The Hall–Kier alpha value is -1.18. The van der Waals surface area contributed by atoms with Crippen LogP contribution in [-0.4, -0.2) is 56.1 Å². The van der Waals surface area contributed by atoms with E-state index in [0.717, 1.165) is 6.54 Å². The lowest BCUT2D eigenvalue weighted by Gasteiger charge is -2.38. The zero-order valence-corrected chi connectivity index (χ0v) is 11.9. The topological polar surface area (TPSA) is 70.8 Å². The number of hydrogen-bond acceptors (Lipinski definition) is 5. The second-order valence-electron chi connectivity index (χ2n) is 4.62. The lowest BCUT2D eigenvalue weighted by molar-refractivity contribution is 0.109. The van der Waals surface area contributed by atoms with Crippen molar-refractivity contribution in [2.45, 2.75) is 25.0 Å². The third-order valence-corrected chi connectivity index (χ3v) is 5.19. The Bertz CT molecular complexity index is 552. The van der Waals surface area contributed by atoms with Crippen molar-refractivity contribution in [1.82, 2.24) is 9.21 Å². The van der Waals surface area contributed by atoms with Crippen molar-refractivity contribution in [3.8, 4) is 0 Å². The molecule has 1 unspecified atom stereocenters. The molecule has 1 aromatic rings. The molecule has 0 N–H and O–H groups in total. The molecule has 1 aliphatic rings. The predicted octanol–water partition coefficient (Wildman–Crippen LogP) is 0.807. The van der Waals surface area contributed by atoms with E-state index in [2.05, 4.69) is 11.8 Å². The summed E-state index contributed by atoms with van der Waals surface area (Å²) in [5, 5.41) is -0.160. The molecular weight excluding hydrogens is 268 g/mol. The van der Waals surface area contributed by atoms with Gasteiger partial charge >= 0.3 is 0 Å². The highest BCUT2D eigenvalue weighted by atomic mass is 32.2. The molecule has 2 rings (SSSR count). The van der Waals surface area contributed by atoms with Gasteiger partial charge in [-0.15, -0.1) is 0 Å². The maximum Gasteiger partial charge on any atom is 0.276 e. The van der Waals surface area contributed by atoms with Crippen LogP contribution in [0.15, 0.2) is 21.6 Å². The van der Waals surface area contributed by atoms with Gasteiger partial charge in [0.1, 0.15) is 0 Å². The molecule has 1 atom stereocenters. The number of sulfonamides is 1. The molecule has 0 bridgehead atoms. The largest absolute Gasteiger partial charge is 0.440 e. The smallest absolute Gasteiger partial charge is 0.276 e. The van der Waals surface area contributed by atoms with Crippen LogP contribution < -0.4 is 0 Å². The van der Waals surface area contributed by atoms with Crippen LogP contribution in [0, 0.1) is 0 Å². The molecule has 0 aliphatic carbocycles. The van der Waals surface area contributed by atoms with Gasteiger partial charge in [0, 0.05) is 25.7 Å². The molecule has 1 aromatic heterocycles. The van der Waals surface area contributed by atoms with Crippen molar-refractivity contribution in [1.29, 1.82) is 0 Å². The average Bonchev–Trinajstić information content (AvgIpc) is 2.88. The standard InChI is InChI=1S/C12H18N2O4S/c1-3-13-6-7-14(8-10(13)2)19(16,17)12-5-4-11(9-15)18-12/h4-5,9-10H,3,6-8H2,1-2H3. The zero-order valence-electron chi connectivity index (χ0n) is 11.1. The van der Waals surface area contributed by atoms with E-state index in [0.29, 0.717) is 25.9 Å². The first-order valence-electron chi connectivity index (χ1n) is 6.28. The molecule has 2 heterocycles. The van der Waals surface area contributed by atoms with E-state index in [9.17, 15) is 13.2 Å². The van der Waals surface area contributed by atoms with E-state index < -0.39 is 10.0 Å². The highest BCUT2D eigenvalue weighted by Crippen LogP contribution is 2.21. The Morgan fingerprint density at radius 3 is 2.68 bits per heavy atom. The van der Waals surface area contributed by atoms with Crippen LogP contribution in [0.2, 0.25) is 0 Å². The van der Waals surface area contributed by atoms with Crippen LogP contribution in [0.3, 0.4) is 0 Å². The van der Waals surface area contributed by atoms with E-state index in [1.165, 1.54) is 16.4 Å². The van der Waals surface area contributed by atoms with Crippen LogP contribution in [0.5, 0.6) is 0 Å². The molecule has 106 valence electrons. The van der Waals surface area contributed by atoms with Gasteiger partial charge in [0.05, 0.1) is 0 Å². The number of piperazine rings is 1. The zero-order chi connectivity index (χ0) is 14.0. The van der Waals surface area contributed by atoms with Crippen LogP contribution in [0.25, 0.3) is 0 Å². The predicted molar refractivity (Wildman–Crippen MR) is 69.6 cm³/mol. The molecule has 1 fully saturated rings. The van der Waals surface area contributed by atoms with Crippen molar-refractivity contribution in [2.24, 2.45) is 0 Å². The maximum atomic E-state index is 12.4. The molecule has 6 nitrogen and oxygen atoms in total. The quantitative estimate of drug-likeness (QED) is 0.766. The number of likely N-dealkylation sites (N-methyl/N-ethyl adjacent to an activating group) is 1. The summed E-state index contributed by atoms with van der Waals surface area (Å²) in [5.74, 6) is 0.0267. The summed E-state index contributed by atoms with van der Waals surface area (Å²) in [6.07, 6.45) is 0.497. The van der Waals surface area contributed by atoms with Gasteiger partial charge in [-0.1, -0.05) is 6.92 Å².